The Morgan fingerprint density at radius 2 is 2.11 bits per heavy atom. The van der Waals surface area contributed by atoms with E-state index in [9.17, 15) is 18.8 Å². The summed E-state index contributed by atoms with van der Waals surface area (Å²) in [6.07, 6.45) is -0.426. The summed E-state index contributed by atoms with van der Waals surface area (Å²) in [5.41, 5.74) is 1.28. The van der Waals surface area contributed by atoms with Gasteiger partial charge in [-0.15, -0.1) is 5.10 Å². The maximum absolute atomic E-state index is 13.8. The first kappa shape index (κ1) is 18.4. The molecule has 1 aliphatic heterocycles. The van der Waals surface area contributed by atoms with E-state index in [1.54, 1.807) is 37.3 Å². The van der Waals surface area contributed by atoms with E-state index in [1.165, 1.54) is 0 Å². The lowest BCUT2D eigenvalue weighted by Gasteiger charge is -2.32. The van der Waals surface area contributed by atoms with Gasteiger partial charge in [0.15, 0.2) is 0 Å². The highest BCUT2D eigenvalue weighted by atomic mass is 19.1. The number of carbonyl (C=O) groups excluding carboxylic acids is 3. The average molecular weight is 376 g/mol. The van der Waals surface area contributed by atoms with Crippen molar-refractivity contribution in [3.63, 3.8) is 0 Å². The highest BCUT2D eigenvalue weighted by Gasteiger charge is 2.48. The number of methoxy groups -OCH3 is 1. The van der Waals surface area contributed by atoms with Crippen LogP contribution in [0.15, 0.2) is 36.5 Å². The third-order valence-corrected chi connectivity index (χ3v) is 4.46. The molecule has 2 atom stereocenters. The maximum atomic E-state index is 13.8. The van der Waals surface area contributed by atoms with Crippen LogP contribution in [0.25, 0.3) is 0 Å². The predicted molar refractivity (Wildman–Crippen MR) is 90.0 cm³/mol. The van der Waals surface area contributed by atoms with Gasteiger partial charge in [0.25, 0.3) is 5.91 Å². The molecule has 0 spiro atoms. The Hall–Kier alpha value is -3.43. The molecule has 0 radical (unpaired) electrons. The van der Waals surface area contributed by atoms with Gasteiger partial charge in [0.2, 0.25) is 5.95 Å². The fourth-order valence-electron chi connectivity index (χ4n) is 2.84. The van der Waals surface area contributed by atoms with Crippen LogP contribution in [0.5, 0.6) is 0 Å². The number of halogens is 1. The molecule has 1 saturated heterocycles. The molecule has 1 fully saturated rings. The van der Waals surface area contributed by atoms with Gasteiger partial charge in [-0.25, -0.2) is 15.0 Å². The maximum Gasteiger partial charge on any atom is 0.407 e. The van der Waals surface area contributed by atoms with Crippen LogP contribution in [-0.2, 0) is 19.7 Å². The van der Waals surface area contributed by atoms with Crippen molar-refractivity contribution in [2.75, 3.05) is 19.1 Å². The van der Waals surface area contributed by atoms with Crippen LogP contribution in [0.4, 0.5) is 9.18 Å². The van der Waals surface area contributed by atoms with E-state index in [1.807, 2.05) is 0 Å². The second-order valence-electron chi connectivity index (χ2n) is 6.05. The number of nitrogens with zero attached hydrogens (tertiary/aromatic N) is 2. The minimum atomic E-state index is -1.30. The van der Waals surface area contributed by atoms with Gasteiger partial charge in [-0.05, 0) is 12.5 Å². The van der Waals surface area contributed by atoms with Crippen molar-refractivity contribution in [2.45, 2.75) is 18.4 Å². The summed E-state index contributed by atoms with van der Waals surface area (Å²) < 4.78 is 23.5. The summed E-state index contributed by atoms with van der Waals surface area (Å²) in [5.74, 6) is -2.61. The van der Waals surface area contributed by atoms with E-state index >= 15 is 0 Å². The molecule has 142 valence electrons. The van der Waals surface area contributed by atoms with Gasteiger partial charge >= 0.3 is 12.1 Å². The molecule has 2 heterocycles. The predicted octanol–water partition coefficient (Wildman–Crippen LogP) is 0.945. The van der Waals surface area contributed by atoms with Gasteiger partial charge in [0.05, 0.1) is 19.9 Å². The number of hydrogen-bond donors (Lipinski definition) is 2. The zero-order valence-corrected chi connectivity index (χ0v) is 14.6. The van der Waals surface area contributed by atoms with Gasteiger partial charge in [0, 0.05) is 0 Å². The van der Waals surface area contributed by atoms with Crippen molar-refractivity contribution in [2.24, 2.45) is 0 Å². The lowest BCUT2D eigenvalue weighted by atomic mass is 9.76. The molecule has 3 rings (SSSR count). The van der Waals surface area contributed by atoms with E-state index in [0.29, 0.717) is 5.56 Å². The Morgan fingerprint density at radius 3 is 2.70 bits per heavy atom. The molecule has 0 bridgehead atoms. The van der Waals surface area contributed by atoms with Crippen molar-refractivity contribution in [1.29, 1.82) is 0 Å². The van der Waals surface area contributed by atoms with Gasteiger partial charge in [0.1, 0.15) is 17.1 Å². The topological polar surface area (TPSA) is 112 Å². The van der Waals surface area contributed by atoms with Crippen LogP contribution < -0.4 is 10.7 Å². The first-order valence-electron chi connectivity index (χ1n) is 8.01. The van der Waals surface area contributed by atoms with E-state index in [-0.39, 0.29) is 6.54 Å². The third-order valence-electron chi connectivity index (χ3n) is 4.46. The molecule has 10 heteroatoms. The molecule has 27 heavy (non-hydrogen) atoms. The number of benzene rings is 1. The number of aromatic nitrogens is 2. The summed E-state index contributed by atoms with van der Waals surface area (Å²) in [4.78, 5) is 36.8. The summed E-state index contributed by atoms with van der Waals surface area (Å²) in [7, 11) is 1.10. The Labute approximate surface area is 153 Å². The SMILES string of the molecule is COC(=O)c1cn(NC(=O)C(C)(c2ccccc2)C2CNC(=O)O2)nc1F. The second-order valence-corrected chi connectivity index (χ2v) is 6.05. The van der Waals surface area contributed by atoms with Gasteiger partial charge < -0.3 is 14.8 Å². The number of alkyl carbamates (subject to hydrolysis) is 1. The lowest BCUT2D eigenvalue weighted by Crippen LogP contribution is -2.50. The van der Waals surface area contributed by atoms with Crippen LogP contribution in [0.1, 0.15) is 22.8 Å². The van der Waals surface area contributed by atoms with E-state index in [2.05, 4.69) is 20.6 Å². The number of rotatable bonds is 5. The Balaban J connectivity index is 1.92. The highest BCUT2D eigenvalue weighted by molar-refractivity contribution is 5.95. The van der Waals surface area contributed by atoms with Gasteiger partial charge in [-0.3, -0.25) is 4.79 Å². The first-order chi connectivity index (χ1) is 12.9. The smallest absolute Gasteiger partial charge is 0.407 e. The number of hydrogen-bond acceptors (Lipinski definition) is 6. The summed E-state index contributed by atoms with van der Waals surface area (Å²) in [6, 6.07) is 8.71. The Bertz CT molecular complexity index is 885. The second kappa shape index (κ2) is 7.06. The number of esters is 1. The van der Waals surface area contributed by atoms with Gasteiger partial charge in [-0.2, -0.15) is 9.18 Å². The van der Waals surface area contributed by atoms with Crippen LogP contribution in [0, 0.1) is 5.95 Å². The molecule has 2 aromatic rings. The van der Waals surface area contributed by atoms with Crippen molar-refractivity contribution in [3.05, 3.63) is 53.6 Å². The minimum absolute atomic E-state index is 0.124. The quantitative estimate of drug-likeness (QED) is 0.752. The molecule has 2 N–H and O–H groups in total. The highest BCUT2D eigenvalue weighted by Crippen LogP contribution is 2.32. The van der Waals surface area contributed by atoms with E-state index < -0.39 is 41.0 Å². The Kier molecular flexibility index (Phi) is 4.80. The van der Waals surface area contributed by atoms with E-state index in [4.69, 9.17) is 4.74 Å². The molecule has 2 unspecified atom stereocenters. The van der Waals surface area contributed by atoms with E-state index in [0.717, 1.165) is 18.1 Å². The van der Waals surface area contributed by atoms with Crippen LogP contribution in [0.3, 0.4) is 0 Å². The Morgan fingerprint density at radius 1 is 1.41 bits per heavy atom. The van der Waals surface area contributed by atoms with Crippen LogP contribution in [0.2, 0.25) is 0 Å². The summed E-state index contributed by atoms with van der Waals surface area (Å²) >= 11 is 0. The molecular weight excluding hydrogens is 359 g/mol. The zero-order chi connectivity index (χ0) is 19.6. The summed E-state index contributed by atoms with van der Waals surface area (Å²) in [6.45, 7) is 1.72. The monoisotopic (exact) mass is 376 g/mol. The third kappa shape index (κ3) is 3.33. The van der Waals surface area contributed by atoms with Crippen molar-refractivity contribution >= 4 is 18.0 Å². The van der Waals surface area contributed by atoms with Crippen LogP contribution >= 0.6 is 0 Å². The van der Waals surface area contributed by atoms with Crippen LogP contribution in [-0.4, -0.2) is 47.6 Å². The fraction of sp³-hybridized carbons (Fsp3) is 0.294. The normalized spacial score (nSPS) is 18.2. The number of ether oxygens (including phenoxy) is 2. The molecule has 2 amide bonds. The molecule has 9 nitrogen and oxygen atoms in total. The molecule has 1 aliphatic rings. The average Bonchev–Trinajstić information content (AvgIpc) is 3.26. The fourth-order valence-corrected chi connectivity index (χ4v) is 2.84. The number of carbonyl (C=O) groups is 3. The number of nitrogens with one attached hydrogen (secondary N) is 2. The van der Waals surface area contributed by atoms with Gasteiger partial charge in [-0.1, -0.05) is 30.3 Å². The molecule has 0 aliphatic carbocycles. The van der Waals surface area contributed by atoms with Crippen molar-refractivity contribution in [3.8, 4) is 0 Å². The van der Waals surface area contributed by atoms with Crippen molar-refractivity contribution in [1.82, 2.24) is 15.2 Å². The number of amides is 2. The standard InChI is InChI=1S/C17H17FN4O5/c1-17(10-6-4-3-5-7-10,12-8-19-16(25)27-12)15(24)21-22-9-11(13(18)20-22)14(23)26-2/h3-7,9,12H,8H2,1-2H3,(H,19,25)(H,21,24). The molecule has 1 aromatic carbocycles. The first-order valence-corrected chi connectivity index (χ1v) is 8.01. The zero-order valence-electron chi connectivity index (χ0n) is 14.6. The number of cyclic esters (lactones) is 1. The summed E-state index contributed by atoms with van der Waals surface area (Å²) in [5, 5.41) is 5.98. The largest absolute Gasteiger partial charge is 0.465 e. The molecule has 1 aromatic heterocycles. The van der Waals surface area contributed by atoms with Crippen molar-refractivity contribution < 1.29 is 28.2 Å². The molecular formula is C17H17FN4O5. The molecule has 0 saturated carbocycles. The minimum Gasteiger partial charge on any atom is -0.465 e. The lowest BCUT2D eigenvalue weighted by molar-refractivity contribution is -0.125.